The van der Waals surface area contributed by atoms with Gasteiger partial charge in [-0.1, -0.05) is 6.07 Å². The number of carbonyl (C=O) groups is 1. The van der Waals surface area contributed by atoms with Crippen molar-refractivity contribution in [2.24, 2.45) is 10.7 Å². The zero-order valence-electron chi connectivity index (χ0n) is 14.7. The molecular weight excluding hydrogens is 373 g/mol. The molecule has 0 radical (unpaired) electrons. The predicted molar refractivity (Wildman–Crippen MR) is 97.9 cm³/mol. The topological polar surface area (TPSA) is 88.5 Å². The van der Waals surface area contributed by atoms with Crippen molar-refractivity contribution in [3.8, 4) is 5.69 Å². The molecule has 3 aromatic rings. The van der Waals surface area contributed by atoms with Gasteiger partial charge >= 0.3 is 6.18 Å². The van der Waals surface area contributed by atoms with Gasteiger partial charge in [-0.05, 0) is 42.8 Å². The van der Waals surface area contributed by atoms with Gasteiger partial charge in [0.25, 0.3) is 5.91 Å². The lowest BCUT2D eigenvalue weighted by molar-refractivity contribution is -0.137. The fourth-order valence-corrected chi connectivity index (χ4v) is 3.03. The van der Waals surface area contributed by atoms with Crippen molar-refractivity contribution in [2.75, 3.05) is 11.7 Å². The van der Waals surface area contributed by atoms with E-state index in [4.69, 9.17) is 5.73 Å². The molecule has 4 rings (SSSR count). The number of amides is 1. The number of nitrogens with two attached hydrogens (primary N) is 1. The van der Waals surface area contributed by atoms with Crippen molar-refractivity contribution in [3.05, 3.63) is 53.7 Å². The molecule has 3 N–H and O–H groups in total. The molecule has 10 heteroatoms. The monoisotopic (exact) mass is 388 g/mol. The smallest absolute Gasteiger partial charge is 0.363 e. The Hall–Kier alpha value is -3.56. The number of hydrazine groups is 1. The Bertz CT molecular complexity index is 1120. The summed E-state index contributed by atoms with van der Waals surface area (Å²) in [5.74, 6) is -0.314. The van der Waals surface area contributed by atoms with Gasteiger partial charge in [0.15, 0.2) is 5.82 Å². The lowest BCUT2D eigenvalue weighted by Crippen LogP contribution is -2.42. The molecule has 144 valence electrons. The van der Waals surface area contributed by atoms with Crippen LogP contribution in [0.4, 0.5) is 19.0 Å². The van der Waals surface area contributed by atoms with Gasteiger partial charge in [0, 0.05) is 11.6 Å². The highest BCUT2D eigenvalue weighted by Gasteiger charge is 2.34. The highest BCUT2D eigenvalue weighted by atomic mass is 19.4. The number of alkyl halides is 3. The predicted octanol–water partition coefficient (Wildman–Crippen LogP) is 2.52. The number of halogens is 3. The van der Waals surface area contributed by atoms with Gasteiger partial charge in [0.1, 0.15) is 12.3 Å². The number of aryl methyl sites for hydroxylation is 1. The number of hydrogen-bond acceptors (Lipinski definition) is 5. The zero-order chi connectivity index (χ0) is 20.1. The summed E-state index contributed by atoms with van der Waals surface area (Å²) in [6.45, 7) is 1.83. The summed E-state index contributed by atoms with van der Waals surface area (Å²) in [5.41, 5.74) is 8.21. The Kier molecular flexibility index (Phi) is 3.98. The van der Waals surface area contributed by atoms with Crippen molar-refractivity contribution in [3.63, 3.8) is 0 Å². The second kappa shape index (κ2) is 6.25. The molecule has 1 amide bonds. The molecule has 0 aliphatic carbocycles. The van der Waals surface area contributed by atoms with Crippen molar-refractivity contribution in [1.29, 1.82) is 0 Å². The molecular formula is C18H15F3N6O. The van der Waals surface area contributed by atoms with E-state index < -0.39 is 17.6 Å². The first-order valence-electron chi connectivity index (χ1n) is 8.29. The van der Waals surface area contributed by atoms with E-state index in [0.717, 1.165) is 6.07 Å². The third kappa shape index (κ3) is 3.02. The highest BCUT2D eigenvalue weighted by molar-refractivity contribution is 6.37. The minimum Gasteiger partial charge on any atom is -0.363 e. The fourth-order valence-electron chi connectivity index (χ4n) is 3.03. The van der Waals surface area contributed by atoms with E-state index in [0.29, 0.717) is 22.4 Å². The second-order valence-corrected chi connectivity index (χ2v) is 6.34. The molecule has 1 aliphatic rings. The van der Waals surface area contributed by atoms with Crippen LogP contribution in [0.5, 0.6) is 0 Å². The van der Waals surface area contributed by atoms with E-state index in [-0.39, 0.29) is 18.2 Å². The molecule has 0 atom stereocenters. The van der Waals surface area contributed by atoms with Crippen molar-refractivity contribution < 1.29 is 18.0 Å². The summed E-state index contributed by atoms with van der Waals surface area (Å²) < 4.78 is 41.9. The maximum Gasteiger partial charge on any atom is 0.418 e. The lowest BCUT2D eigenvalue weighted by Gasteiger charge is -2.18. The number of primary amides is 1. The van der Waals surface area contributed by atoms with Gasteiger partial charge in [-0.3, -0.25) is 10.2 Å². The number of rotatable bonds is 3. The minimum atomic E-state index is -4.50. The summed E-state index contributed by atoms with van der Waals surface area (Å²) in [4.78, 5) is 19.7. The Morgan fingerprint density at radius 2 is 2.00 bits per heavy atom. The number of amidine groups is 1. The van der Waals surface area contributed by atoms with Crippen molar-refractivity contribution >= 4 is 28.6 Å². The van der Waals surface area contributed by atoms with Crippen LogP contribution in [0.15, 0.2) is 47.6 Å². The van der Waals surface area contributed by atoms with Crippen LogP contribution in [0, 0.1) is 6.92 Å². The number of aliphatic imine (C=N–C) groups is 1. The van der Waals surface area contributed by atoms with Gasteiger partial charge in [-0.25, -0.2) is 15.0 Å². The summed E-state index contributed by atoms with van der Waals surface area (Å²) in [5, 5.41) is 2.16. The average molecular weight is 388 g/mol. The molecule has 0 unspecified atom stereocenters. The van der Waals surface area contributed by atoms with E-state index in [1.165, 1.54) is 21.7 Å². The third-order valence-electron chi connectivity index (χ3n) is 4.36. The Morgan fingerprint density at radius 3 is 2.68 bits per heavy atom. The molecule has 1 aliphatic heterocycles. The number of anilines is 1. The molecule has 3 heterocycles. The van der Waals surface area contributed by atoms with E-state index >= 15 is 0 Å². The SMILES string of the molecule is Cc1ccc(C(F)(F)F)c(-n2ccc3ccc(N4CN=C(C(N)=O)N4)nc32)c1. The molecule has 28 heavy (non-hydrogen) atoms. The standard InChI is InChI=1S/C18H15F3N6O/c1-10-2-4-12(18(19,20)21)13(8-10)26-7-6-11-3-5-14(24-17(11)26)27-9-23-16(25-27)15(22)28/h2-8H,9H2,1H3,(H2,22,28)(H,23,25). The molecule has 0 saturated heterocycles. The largest absolute Gasteiger partial charge is 0.418 e. The number of nitrogens with zero attached hydrogens (tertiary/aromatic N) is 4. The maximum atomic E-state index is 13.5. The van der Waals surface area contributed by atoms with E-state index in [1.54, 1.807) is 31.3 Å². The van der Waals surface area contributed by atoms with E-state index in [1.807, 2.05) is 0 Å². The summed E-state index contributed by atoms with van der Waals surface area (Å²) in [6.07, 6.45) is -2.95. The van der Waals surface area contributed by atoms with Crippen LogP contribution in [0.2, 0.25) is 0 Å². The Morgan fingerprint density at radius 1 is 1.21 bits per heavy atom. The van der Waals surface area contributed by atoms with Gasteiger partial charge in [0.2, 0.25) is 5.84 Å². The molecule has 0 saturated carbocycles. The van der Waals surface area contributed by atoms with Crippen LogP contribution < -0.4 is 16.2 Å². The molecule has 2 aromatic heterocycles. The van der Waals surface area contributed by atoms with Crippen LogP contribution in [-0.2, 0) is 11.0 Å². The normalized spacial score (nSPS) is 14.3. The van der Waals surface area contributed by atoms with Crippen LogP contribution in [0.25, 0.3) is 16.7 Å². The number of hydrogen-bond donors (Lipinski definition) is 2. The highest BCUT2D eigenvalue weighted by Crippen LogP contribution is 2.35. The number of benzene rings is 1. The molecule has 0 bridgehead atoms. The number of fused-ring (bicyclic) bond motifs is 1. The molecule has 0 fully saturated rings. The summed E-state index contributed by atoms with van der Waals surface area (Å²) in [6, 6.07) is 9.07. The first-order valence-corrected chi connectivity index (χ1v) is 8.29. The third-order valence-corrected chi connectivity index (χ3v) is 4.36. The first-order chi connectivity index (χ1) is 13.2. The molecule has 0 spiro atoms. The van der Waals surface area contributed by atoms with Crippen molar-refractivity contribution in [2.45, 2.75) is 13.1 Å². The Balaban J connectivity index is 1.81. The van der Waals surface area contributed by atoms with Gasteiger partial charge < -0.3 is 10.3 Å². The molecule has 7 nitrogen and oxygen atoms in total. The lowest BCUT2D eigenvalue weighted by atomic mass is 10.1. The van der Waals surface area contributed by atoms with Crippen LogP contribution >= 0.6 is 0 Å². The van der Waals surface area contributed by atoms with Gasteiger partial charge in [0.05, 0.1) is 11.3 Å². The fraction of sp³-hybridized carbons (Fsp3) is 0.167. The van der Waals surface area contributed by atoms with Gasteiger partial charge in [-0.2, -0.15) is 13.2 Å². The number of nitrogens with one attached hydrogen (secondary N) is 1. The average Bonchev–Trinajstić information content (AvgIpc) is 3.27. The Labute approximate surface area is 157 Å². The second-order valence-electron chi connectivity index (χ2n) is 6.34. The van der Waals surface area contributed by atoms with Crippen LogP contribution in [0.1, 0.15) is 11.1 Å². The number of aromatic nitrogens is 2. The van der Waals surface area contributed by atoms with E-state index in [2.05, 4.69) is 15.4 Å². The first kappa shape index (κ1) is 17.8. The minimum absolute atomic E-state index is 0.00407. The maximum absolute atomic E-state index is 13.5. The van der Waals surface area contributed by atoms with Gasteiger partial charge in [-0.15, -0.1) is 0 Å². The number of carbonyl (C=O) groups excluding carboxylic acids is 1. The van der Waals surface area contributed by atoms with Crippen molar-refractivity contribution in [1.82, 2.24) is 15.0 Å². The summed E-state index contributed by atoms with van der Waals surface area (Å²) >= 11 is 0. The van der Waals surface area contributed by atoms with E-state index in [9.17, 15) is 18.0 Å². The number of pyridine rings is 1. The van der Waals surface area contributed by atoms with Crippen LogP contribution in [0.3, 0.4) is 0 Å². The summed E-state index contributed by atoms with van der Waals surface area (Å²) in [7, 11) is 0. The zero-order valence-corrected chi connectivity index (χ0v) is 14.7. The van der Waals surface area contributed by atoms with Crippen LogP contribution in [-0.4, -0.2) is 28.0 Å². The quantitative estimate of drug-likeness (QED) is 0.722. The molecule has 1 aromatic carbocycles.